The maximum absolute atomic E-state index is 4.70. The van der Waals surface area contributed by atoms with Gasteiger partial charge in [0.15, 0.2) is 0 Å². The number of nitrogens with zero attached hydrogens (tertiary/aromatic N) is 2. The average Bonchev–Trinajstić information content (AvgIpc) is 2.68. The van der Waals surface area contributed by atoms with Gasteiger partial charge in [0.05, 0.1) is 16.7 Å². The Bertz CT molecular complexity index is 559. The third-order valence-corrected chi connectivity index (χ3v) is 3.63. The van der Waals surface area contributed by atoms with E-state index in [2.05, 4.69) is 15.6 Å². The van der Waals surface area contributed by atoms with E-state index in [-0.39, 0.29) is 0 Å². The van der Waals surface area contributed by atoms with E-state index >= 15 is 0 Å². The van der Waals surface area contributed by atoms with Gasteiger partial charge in [0, 0.05) is 12.6 Å². The molecule has 2 N–H and O–H groups in total. The predicted octanol–water partition coefficient (Wildman–Crippen LogP) is 2.49. The third-order valence-electron chi connectivity index (χ3n) is 3.63. The van der Waals surface area contributed by atoms with Gasteiger partial charge in [-0.2, -0.15) is 0 Å². The molecule has 1 aromatic heterocycles. The Morgan fingerprint density at radius 1 is 1.16 bits per heavy atom. The van der Waals surface area contributed by atoms with Gasteiger partial charge in [-0.05, 0) is 38.4 Å². The first-order chi connectivity index (χ1) is 9.33. The summed E-state index contributed by atoms with van der Waals surface area (Å²) in [7, 11) is 0. The van der Waals surface area contributed by atoms with Crippen molar-refractivity contribution in [2.24, 2.45) is 0 Å². The lowest BCUT2D eigenvalue weighted by atomic mass is 10.1. The van der Waals surface area contributed by atoms with E-state index in [1.165, 1.54) is 19.3 Å². The topological polar surface area (TPSA) is 49.8 Å². The van der Waals surface area contributed by atoms with Crippen LogP contribution >= 0.6 is 0 Å². The molecular weight excluding hydrogens is 236 g/mol. The lowest BCUT2D eigenvalue weighted by molar-refractivity contribution is 0.633. The fourth-order valence-corrected chi connectivity index (χ4v) is 2.56. The van der Waals surface area contributed by atoms with Crippen molar-refractivity contribution in [1.29, 1.82) is 0 Å². The van der Waals surface area contributed by atoms with Gasteiger partial charge in [0.1, 0.15) is 5.82 Å². The Labute approximate surface area is 113 Å². The molecule has 0 amide bonds. The number of hydrogen-bond donors (Lipinski definition) is 2. The molecule has 19 heavy (non-hydrogen) atoms. The lowest BCUT2D eigenvalue weighted by Crippen LogP contribution is -2.31. The highest BCUT2D eigenvalue weighted by atomic mass is 15.1. The summed E-state index contributed by atoms with van der Waals surface area (Å²) in [5.41, 5.74) is 2.89. The summed E-state index contributed by atoms with van der Waals surface area (Å²) in [6, 6.07) is 8.48. The minimum Gasteiger partial charge on any atom is -0.365 e. The Hall–Kier alpha value is -1.68. The molecule has 0 bridgehead atoms. The highest BCUT2D eigenvalue weighted by Crippen LogP contribution is 2.18. The minimum atomic E-state index is 0.455. The normalized spacial score (nSPS) is 20.2. The van der Waals surface area contributed by atoms with Crippen LogP contribution in [-0.4, -0.2) is 29.1 Å². The maximum Gasteiger partial charge on any atom is 0.148 e. The number of anilines is 1. The molecule has 0 spiro atoms. The van der Waals surface area contributed by atoms with Gasteiger partial charge in [-0.1, -0.05) is 18.6 Å². The van der Waals surface area contributed by atoms with Crippen molar-refractivity contribution in [3.05, 3.63) is 30.0 Å². The first-order valence-electron chi connectivity index (χ1n) is 7.03. The smallest absolute Gasteiger partial charge is 0.148 e. The van der Waals surface area contributed by atoms with Crippen molar-refractivity contribution in [3.8, 4) is 0 Å². The van der Waals surface area contributed by atoms with Crippen LogP contribution < -0.4 is 10.6 Å². The van der Waals surface area contributed by atoms with Crippen LogP contribution in [0.25, 0.3) is 11.0 Å². The molecule has 0 aliphatic carbocycles. The number of benzene rings is 1. The summed E-state index contributed by atoms with van der Waals surface area (Å²) in [4.78, 5) is 9.32. The van der Waals surface area contributed by atoms with E-state index in [1.54, 1.807) is 0 Å². The molecule has 1 aromatic carbocycles. The molecular formula is C15H20N4. The van der Waals surface area contributed by atoms with Crippen molar-refractivity contribution >= 4 is 16.9 Å². The van der Waals surface area contributed by atoms with Gasteiger partial charge in [-0.25, -0.2) is 9.97 Å². The number of aromatic nitrogens is 2. The van der Waals surface area contributed by atoms with Crippen LogP contribution in [0.4, 0.5) is 5.82 Å². The van der Waals surface area contributed by atoms with Crippen molar-refractivity contribution in [1.82, 2.24) is 15.3 Å². The number of hydrogen-bond acceptors (Lipinski definition) is 4. The summed E-state index contributed by atoms with van der Waals surface area (Å²) < 4.78 is 0. The average molecular weight is 256 g/mol. The number of rotatable bonds is 2. The van der Waals surface area contributed by atoms with Gasteiger partial charge in [-0.15, -0.1) is 0 Å². The molecule has 1 unspecified atom stereocenters. The zero-order chi connectivity index (χ0) is 13.1. The third kappa shape index (κ3) is 2.84. The SMILES string of the molecule is Cc1nc2ccccc2nc1NC1CCCCNC1. The summed E-state index contributed by atoms with van der Waals surface area (Å²) in [6.45, 7) is 4.15. The van der Waals surface area contributed by atoms with Crippen LogP contribution in [-0.2, 0) is 0 Å². The number of fused-ring (bicyclic) bond motifs is 1. The summed E-state index contributed by atoms with van der Waals surface area (Å²) in [5, 5.41) is 7.01. The van der Waals surface area contributed by atoms with Crippen molar-refractivity contribution in [2.75, 3.05) is 18.4 Å². The molecule has 1 aliphatic heterocycles. The Morgan fingerprint density at radius 3 is 2.79 bits per heavy atom. The highest BCUT2D eigenvalue weighted by molar-refractivity contribution is 5.76. The van der Waals surface area contributed by atoms with E-state index < -0.39 is 0 Å². The van der Waals surface area contributed by atoms with Gasteiger partial charge >= 0.3 is 0 Å². The van der Waals surface area contributed by atoms with E-state index in [1.807, 2.05) is 31.2 Å². The fraction of sp³-hybridized carbons (Fsp3) is 0.467. The first-order valence-corrected chi connectivity index (χ1v) is 7.03. The van der Waals surface area contributed by atoms with Crippen LogP contribution in [0, 0.1) is 6.92 Å². The van der Waals surface area contributed by atoms with Crippen molar-refractivity contribution < 1.29 is 0 Å². The van der Waals surface area contributed by atoms with Crippen LogP contribution in [0.1, 0.15) is 25.0 Å². The summed E-state index contributed by atoms with van der Waals surface area (Å²) in [6.07, 6.45) is 3.73. The molecule has 1 fully saturated rings. The van der Waals surface area contributed by atoms with Gasteiger partial charge in [0.25, 0.3) is 0 Å². The molecule has 3 rings (SSSR count). The monoisotopic (exact) mass is 256 g/mol. The standard InChI is InChI=1S/C15H20N4/c1-11-15(18-12-6-4-5-9-16-10-12)19-14-8-3-2-7-13(14)17-11/h2-3,7-8,12,16H,4-6,9-10H2,1H3,(H,18,19). The molecule has 0 saturated carbocycles. The minimum absolute atomic E-state index is 0.455. The molecule has 2 aromatic rings. The van der Waals surface area contributed by atoms with E-state index in [0.717, 1.165) is 35.6 Å². The second-order valence-electron chi connectivity index (χ2n) is 5.19. The van der Waals surface area contributed by atoms with Crippen LogP contribution in [0.15, 0.2) is 24.3 Å². The van der Waals surface area contributed by atoms with Crippen LogP contribution in [0.2, 0.25) is 0 Å². The van der Waals surface area contributed by atoms with Crippen molar-refractivity contribution in [3.63, 3.8) is 0 Å². The van der Waals surface area contributed by atoms with Crippen LogP contribution in [0.5, 0.6) is 0 Å². The number of para-hydroxylation sites is 2. The van der Waals surface area contributed by atoms with Crippen LogP contribution in [0.3, 0.4) is 0 Å². The molecule has 1 atom stereocenters. The molecule has 1 saturated heterocycles. The van der Waals surface area contributed by atoms with Gasteiger partial charge < -0.3 is 10.6 Å². The molecule has 1 aliphatic rings. The molecule has 100 valence electrons. The second-order valence-corrected chi connectivity index (χ2v) is 5.19. The largest absolute Gasteiger partial charge is 0.365 e. The summed E-state index contributed by atoms with van der Waals surface area (Å²) >= 11 is 0. The zero-order valence-electron chi connectivity index (χ0n) is 11.3. The fourth-order valence-electron chi connectivity index (χ4n) is 2.56. The molecule has 0 radical (unpaired) electrons. The number of nitrogens with one attached hydrogen (secondary N) is 2. The Morgan fingerprint density at radius 2 is 1.95 bits per heavy atom. The van der Waals surface area contributed by atoms with Crippen molar-refractivity contribution in [2.45, 2.75) is 32.2 Å². The highest BCUT2D eigenvalue weighted by Gasteiger charge is 2.14. The zero-order valence-corrected chi connectivity index (χ0v) is 11.3. The summed E-state index contributed by atoms with van der Waals surface area (Å²) in [5.74, 6) is 0.924. The quantitative estimate of drug-likeness (QED) is 0.866. The Balaban J connectivity index is 1.85. The maximum atomic E-state index is 4.70. The van der Waals surface area contributed by atoms with E-state index in [0.29, 0.717) is 6.04 Å². The van der Waals surface area contributed by atoms with Gasteiger partial charge in [0.2, 0.25) is 0 Å². The predicted molar refractivity (Wildman–Crippen MR) is 78.4 cm³/mol. The molecule has 4 nitrogen and oxygen atoms in total. The van der Waals surface area contributed by atoms with Gasteiger partial charge in [-0.3, -0.25) is 0 Å². The number of aryl methyl sites for hydroxylation is 1. The molecule has 2 heterocycles. The lowest BCUT2D eigenvalue weighted by Gasteiger charge is -2.18. The molecule has 4 heteroatoms. The van der Waals surface area contributed by atoms with E-state index in [4.69, 9.17) is 4.98 Å². The van der Waals surface area contributed by atoms with E-state index in [9.17, 15) is 0 Å². The first kappa shape index (κ1) is 12.4. The second kappa shape index (κ2) is 5.53. The Kier molecular flexibility index (Phi) is 3.60.